The van der Waals surface area contributed by atoms with E-state index in [9.17, 15) is 4.79 Å². The summed E-state index contributed by atoms with van der Waals surface area (Å²) in [5.41, 5.74) is 5.57. The van der Waals surface area contributed by atoms with Crippen molar-refractivity contribution in [3.8, 4) is 0 Å². The number of nitrogens with one attached hydrogen (secondary N) is 1. The molecule has 0 fully saturated rings. The molecule has 1 N–H and O–H groups in total. The van der Waals surface area contributed by atoms with Gasteiger partial charge in [-0.25, -0.2) is 4.79 Å². The van der Waals surface area contributed by atoms with E-state index >= 15 is 0 Å². The Morgan fingerprint density at radius 1 is 1.03 bits per heavy atom. The van der Waals surface area contributed by atoms with E-state index in [2.05, 4.69) is 59.3 Å². The quantitative estimate of drug-likeness (QED) is 0.404. The fraction of sp³-hybridized carbons (Fsp3) is 0.125. The van der Waals surface area contributed by atoms with Gasteiger partial charge in [-0.15, -0.1) is 0 Å². The second-order valence-corrected chi connectivity index (χ2v) is 7.37. The number of rotatable bonds is 5. The van der Waals surface area contributed by atoms with Crippen LogP contribution in [0.4, 0.5) is 11.4 Å². The molecule has 146 valence electrons. The van der Waals surface area contributed by atoms with E-state index in [1.54, 1.807) is 18.2 Å². The maximum absolute atomic E-state index is 12.1. The predicted octanol–water partition coefficient (Wildman–Crippen LogP) is 6.18. The molecule has 5 heteroatoms. The monoisotopic (exact) mass is 404 g/mol. The van der Waals surface area contributed by atoms with Crippen molar-refractivity contribution in [3.63, 3.8) is 0 Å². The van der Waals surface area contributed by atoms with E-state index in [0.29, 0.717) is 16.3 Å². The maximum Gasteiger partial charge on any atom is 0.340 e. The van der Waals surface area contributed by atoms with Crippen LogP contribution in [-0.4, -0.2) is 17.6 Å². The third-order valence-electron chi connectivity index (χ3n) is 4.96. The Bertz CT molecular complexity index is 1180. The topological polar surface area (TPSA) is 43.3 Å². The van der Waals surface area contributed by atoms with Crippen LogP contribution in [0, 0.1) is 6.92 Å². The number of anilines is 2. The first-order chi connectivity index (χ1) is 14.0. The van der Waals surface area contributed by atoms with E-state index < -0.39 is 5.97 Å². The molecule has 0 spiro atoms. The Morgan fingerprint density at radius 3 is 2.59 bits per heavy atom. The fourth-order valence-electron chi connectivity index (χ4n) is 3.52. The van der Waals surface area contributed by atoms with Gasteiger partial charge >= 0.3 is 5.97 Å². The van der Waals surface area contributed by atoms with E-state index in [1.807, 2.05) is 12.1 Å². The van der Waals surface area contributed by atoms with Gasteiger partial charge in [-0.05, 0) is 55.0 Å². The molecule has 4 nitrogen and oxygen atoms in total. The molecule has 4 rings (SSSR count). The van der Waals surface area contributed by atoms with Crippen LogP contribution < -0.4 is 5.32 Å². The Hall–Kier alpha value is -3.24. The van der Waals surface area contributed by atoms with Gasteiger partial charge in [0.15, 0.2) is 0 Å². The minimum Gasteiger partial charge on any atom is -0.465 e. The Morgan fingerprint density at radius 2 is 1.83 bits per heavy atom. The minimum absolute atomic E-state index is 0.401. The summed E-state index contributed by atoms with van der Waals surface area (Å²) in [4.78, 5) is 12.1. The van der Waals surface area contributed by atoms with Crippen molar-refractivity contribution in [3.05, 3.63) is 94.6 Å². The average Bonchev–Trinajstić information content (AvgIpc) is 3.04. The summed E-state index contributed by atoms with van der Waals surface area (Å²) in [6.07, 6.45) is 0. The normalized spacial score (nSPS) is 10.9. The second-order valence-electron chi connectivity index (χ2n) is 6.94. The number of aromatic nitrogens is 1. The van der Waals surface area contributed by atoms with Gasteiger partial charge in [0, 0.05) is 33.9 Å². The van der Waals surface area contributed by atoms with Crippen LogP contribution in [0.1, 0.15) is 21.6 Å². The van der Waals surface area contributed by atoms with E-state index in [4.69, 9.17) is 16.3 Å². The van der Waals surface area contributed by atoms with Gasteiger partial charge in [0.25, 0.3) is 0 Å². The highest BCUT2D eigenvalue weighted by Crippen LogP contribution is 2.29. The molecular formula is C24H21ClN2O2. The summed E-state index contributed by atoms with van der Waals surface area (Å²) < 4.78 is 7.18. The highest BCUT2D eigenvalue weighted by Gasteiger charge is 2.14. The number of nitrogens with zero attached hydrogens (tertiary/aromatic N) is 1. The molecule has 0 aliphatic heterocycles. The number of methoxy groups -OCH3 is 1. The summed E-state index contributed by atoms with van der Waals surface area (Å²) in [5, 5.41) is 4.94. The zero-order valence-electron chi connectivity index (χ0n) is 16.3. The van der Waals surface area contributed by atoms with Gasteiger partial charge in [0.2, 0.25) is 0 Å². The summed E-state index contributed by atoms with van der Waals surface area (Å²) in [5.74, 6) is -0.430. The van der Waals surface area contributed by atoms with Crippen molar-refractivity contribution in [1.29, 1.82) is 0 Å². The fourth-order valence-corrected chi connectivity index (χ4v) is 3.69. The van der Waals surface area contributed by atoms with E-state index in [0.717, 1.165) is 17.6 Å². The van der Waals surface area contributed by atoms with Crippen molar-refractivity contribution in [2.24, 2.45) is 0 Å². The molecule has 0 amide bonds. The van der Waals surface area contributed by atoms with Crippen LogP contribution in [0.5, 0.6) is 0 Å². The Balaban J connectivity index is 1.67. The summed E-state index contributed by atoms with van der Waals surface area (Å²) in [6.45, 7) is 2.94. The molecule has 0 unspecified atom stereocenters. The number of ether oxygens (including phenoxy) is 1. The number of hydrogen-bond donors (Lipinski definition) is 1. The zero-order chi connectivity index (χ0) is 20.4. The number of carbonyl (C=O) groups excluding carboxylic acids is 1. The molecule has 1 heterocycles. The summed E-state index contributed by atoms with van der Waals surface area (Å²) in [6, 6.07) is 23.9. The smallest absolute Gasteiger partial charge is 0.340 e. The van der Waals surface area contributed by atoms with Gasteiger partial charge in [-0.3, -0.25) is 0 Å². The molecular weight excluding hydrogens is 384 g/mol. The molecule has 0 atom stereocenters. The van der Waals surface area contributed by atoms with Crippen molar-refractivity contribution in [1.82, 2.24) is 4.57 Å². The Labute approximate surface area is 174 Å². The molecule has 0 radical (unpaired) electrons. The standard InChI is InChI=1S/C24H21ClN2O2/c1-16-12-18-13-20(26-22-10-8-19(25)14-21(22)24(28)29-2)9-11-23(18)27(16)15-17-6-4-3-5-7-17/h3-14,26H,15H2,1-2H3. The second kappa shape index (κ2) is 8.02. The minimum atomic E-state index is -0.430. The SMILES string of the molecule is COC(=O)c1cc(Cl)ccc1Nc1ccc2c(c1)cc(C)n2Cc1ccccc1. The Kier molecular flexibility index (Phi) is 5.28. The van der Waals surface area contributed by atoms with Crippen LogP contribution in [-0.2, 0) is 11.3 Å². The number of esters is 1. The lowest BCUT2D eigenvalue weighted by Gasteiger charge is -2.12. The molecule has 0 aliphatic rings. The molecule has 29 heavy (non-hydrogen) atoms. The van der Waals surface area contributed by atoms with Crippen LogP contribution in [0.2, 0.25) is 5.02 Å². The molecule has 0 aliphatic carbocycles. The third-order valence-corrected chi connectivity index (χ3v) is 5.19. The van der Waals surface area contributed by atoms with E-state index in [1.165, 1.54) is 23.9 Å². The molecule has 0 bridgehead atoms. The van der Waals surface area contributed by atoms with Crippen LogP contribution >= 0.6 is 11.6 Å². The number of carbonyl (C=O) groups is 1. The highest BCUT2D eigenvalue weighted by atomic mass is 35.5. The lowest BCUT2D eigenvalue weighted by atomic mass is 10.1. The van der Waals surface area contributed by atoms with Crippen molar-refractivity contribution < 1.29 is 9.53 Å². The third kappa shape index (κ3) is 3.98. The molecule has 1 aromatic heterocycles. The van der Waals surface area contributed by atoms with Gasteiger partial charge in [-0.1, -0.05) is 41.9 Å². The van der Waals surface area contributed by atoms with Crippen LogP contribution in [0.25, 0.3) is 10.9 Å². The number of hydrogen-bond acceptors (Lipinski definition) is 3. The predicted molar refractivity (Wildman–Crippen MR) is 118 cm³/mol. The number of aryl methyl sites for hydroxylation is 1. The maximum atomic E-state index is 12.1. The highest BCUT2D eigenvalue weighted by molar-refractivity contribution is 6.31. The summed E-state index contributed by atoms with van der Waals surface area (Å²) in [7, 11) is 1.36. The molecule has 0 saturated carbocycles. The van der Waals surface area contributed by atoms with Gasteiger partial charge in [0.1, 0.15) is 0 Å². The van der Waals surface area contributed by atoms with Crippen molar-refractivity contribution in [2.75, 3.05) is 12.4 Å². The van der Waals surface area contributed by atoms with Gasteiger partial charge < -0.3 is 14.6 Å². The number of fused-ring (bicyclic) bond motifs is 1. The lowest BCUT2D eigenvalue weighted by molar-refractivity contribution is 0.0602. The molecule has 4 aromatic rings. The van der Waals surface area contributed by atoms with Crippen LogP contribution in [0.15, 0.2) is 72.8 Å². The van der Waals surface area contributed by atoms with Crippen molar-refractivity contribution in [2.45, 2.75) is 13.5 Å². The number of benzene rings is 3. The van der Waals surface area contributed by atoms with Crippen molar-refractivity contribution >= 4 is 39.8 Å². The van der Waals surface area contributed by atoms with E-state index in [-0.39, 0.29) is 0 Å². The number of halogens is 1. The molecule has 0 saturated heterocycles. The first-order valence-corrected chi connectivity index (χ1v) is 9.71. The first-order valence-electron chi connectivity index (χ1n) is 9.34. The van der Waals surface area contributed by atoms with Gasteiger partial charge in [-0.2, -0.15) is 0 Å². The summed E-state index contributed by atoms with van der Waals surface area (Å²) >= 11 is 6.05. The van der Waals surface area contributed by atoms with Gasteiger partial charge in [0.05, 0.1) is 18.4 Å². The average molecular weight is 405 g/mol. The molecule has 3 aromatic carbocycles. The first kappa shape index (κ1) is 19.1. The largest absolute Gasteiger partial charge is 0.465 e. The lowest BCUT2D eigenvalue weighted by Crippen LogP contribution is -2.05. The van der Waals surface area contributed by atoms with Crippen LogP contribution in [0.3, 0.4) is 0 Å². The zero-order valence-corrected chi connectivity index (χ0v) is 17.0.